The molecule has 0 fully saturated rings. The molecule has 0 amide bonds. The average molecular weight is 934 g/mol. The molecule has 0 aliphatic carbocycles. The third kappa shape index (κ3) is 16.1. The fourth-order valence-electron chi connectivity index (χ4n) is 6.90. The Morgan fingerprint density at radius 1 is 0.588 bits per heavy atom. The first-order valence-corrected chi connectivity index (χ1v) is 23.5. The van der Waals surface area contributed by atoms with Crippen molar-refractivity contribution in [2.45, 2.75) is 64.3 Å². The molecule has 0 radical (unpaired) electrons. The Hall–Kier alpha value is -7.51. The number of nitrogens with zero attached hydrogens (tertiary/aromatic N) is 3. The van der Waals surface area contributed by atoms with Gasteiger partial charge >= 0.3 is 17.9 Å². The molecule has 68 heavy (non-hydrogen) atoms. The van der Waals surface area contributed by atoms with E-state index < -0.39 is 17.9 Å². The lowest BCUT2D eigenvalue weighted by Crippen LogP contribution is -2.10. The second-order valence-electron chi connectivity index (χ2n) is 15.6. The number of ether oxygens (including phenoxy) is 5. The summed E-state index contributed by atoms with van der Waals surface area (Å²) in [6, 6.07) is 39.1. The maximum atomic E-state index is 13.6. The molecule has 0 aliphatic rings. The zero-order chi connectivity index (χ0) is 47.8. The minimum Gasteiger partial charge on any atom is -0.494 e. The normalized spacial score (nSPS) is 10.9. The number of thiazole rings is 1. The summed E-state index contributed by atoms with van der Waals surface area (Å²) in [7, 11) is 0. The van der Waals surface area contributed by atoms with Crippen LogP contribution in [0, 0.1) is 0 Å². The summed E-state index contributed by atoms with van der Waals surface area (Å²) < 4.78 is 27.7. The van der Waals surface area contributed by atoms with Gasteiger partial charge in [-0.2, -0.15) is 5.11 Å². The van der Waals surface area contributed by atoms with Crippen molar-refractivity contribution in [1.82, 2.24) is 4.98 Å². The van der Waals surface area contributed by atoms with Crippen molar-refractivity contribution in [3.63, 3.8) is 0 Å². The molecule has 0 saturated heterocycles. The highest BCUT2D eigenvalue weighted by atomic mass is 32.1. The van der Waals surface area contributed by atoms with E-state index in [2.05, 4.69) is 23.4 Å². The van der Waals surface area contributed by atoms with Gasteiger partial charge in [-0.05, 0) is 123 Å². The highest BCUT2D eigenvalue weighted by Crippen LogP contribution is 2.40. The predicted molar refractivity (Wildman–Crippen MR) is 264 cm³/mol. The molecular formula is C55H55N3O9S. The zero-order valence-corrected chi connectivity index (χ0v) is 38.8. The number of benzene rings is 5. The summed E-state index contributed by atoms with van der Waals surface area (Å²) in [6.07, 6.45) is 9.32. The zero-order valence-electron chi connectivity index (χ0n) is 38.0. The van der Waals surface area contributed by atoms with E-state index >= 15 is 0 Å². The van der Waals surface area contributed by atoms with Crippen LogP contribution in [0.2, 0.25) is 0 Å². The van der Waals surface area contributed by atoms with Crippen molar-refractivity contribution in [3.05, 3.63) is 175 Å². The number of ketones is 1. The molecule has 350 valence electrons. The van der Waals surface area contributed by atoms with Gasteiger partial charge in [0.2, 0.25) is 5.13 Å². The number of esters is 3. The molecule has 13 heteroatoms. The summed E-state index contributed by atoms with van der Waals surface area (Å²) in [5.74, 6) is 0.101. The van der Waals surface area contributed by atoms with E-state index in [-0.39, 0.29) is 24.5 Å². The summed E-state index contributed by atoms with van der Waals surface area (Å²) in [6.45, 7) is 8.62. The topological polar surface area (TPSA) is 152 Å². The molecule has 0 N–H and O–H groups in total. The first-order chi connectivity index (χ1) is 33.3. The maximum Gasteiger partial charge on any atom is 0.343 e. The van der Waals surface area contributed by atoms with Crippen LogP contribution in [0.3, 0.4) is 0 Å². The summed E-state index contributed by atoms with van der Waals surface area (Å²) in [4.78, 5) is 55.2. The lowest BCUT2D eigenvalue weighted by molar-refractivity contribution is -0.138. The molecule has 5 aromatic carbocycles. The van der Waals surface area contributed by atoms with Crippen LogP contribution in [0.5, 0.6) is 17.2 Å². The largest absolute Gasteiger partial charge is 0.494 e. The van der Waals surface area contributed by atoms with Gasteiger partial charge in [-0.3, -0.25) is 4.79 Å². The first kappa shape index (κ1) is 49.9. The Labute approximate surface area is 401 Å². The molecule has 0 spiro atoms. The lowest BCUT2D eigenvalue weighted by atomic mass is 10.0. The number of carbonyl (C=O) groups excluding carboxylic acids is 4. The van der Waals surface area contributed by atoms with E-state index in [0.717, 1.165) is 85.2 Å². The van der Waals surface area contributed by atoms with Gasteiger partial charge in [-0.25, -0.2) is 19.4 Å². The number of unbranched alkanes of at least 4 members (excludes halogenated alkanes) is 6. The molecule has 0 bridgehead atoms. The first-order valence-electron chi connectivity index (χ1n) is 22.7. The Morgan fingerprint density at radius 2 is 1.12 bits per heavy atom. The third-order valence-corrected chi connectivity index (χ3v) is 11.5. The molecular weight excluding hydrogens is 879 g/mol. The van der Waals surface area contributed by atoms with Crippen LogP contribution < -0.4 is 14.2 Å². The molecule has 0 saturated carbocycles. The second-order valence-corrected chi connectivity index (χ2v) is 16.5. The molecule has 6 aromatic rings. The number of carbonyl (C=O) groups is 4. The minimum absolute atomic E-state index is 0.0487. The van der Waals surface area contributed by atoms with Gasteiger partial charge in [0.1, 0.15) is 17.2 Å². The van der Waals surface area contributed by atoms with E-state index in [4.69, 9.17) is 28.7 Å². The summed E-state index contributed by atoms with van der Waals surface area (Å²) >= 11 is 1.43. The van der Waals surface area contributed by atoms with Crippen LogP contribution in [0.25, 0.3) is 21.7 Å². The molecule has 0 unspecified atom stereocenters. The van der Waals surface area contributed by atoms with Crippen LogP contribution in [0.1, 0.15) is 83.2 Å². The highest BCUT2D eigenvalue weighted by Gasteiger charge is 2.17. The number of hydrogen-bond acceptors (Lipinski definition) is 13. The number of hydrogen-bond donors (Lipinski definition) is 0. The number of aromatic nitrogens is 1. The third-order valence-electron chi connectivity index (χ3n) is 10.5. The average Bonchev–Trinajstić information content (AvgIpc) is 3.81. The van der Waals surface area contributed by atoms with Gasteiger partial charge in [-0.1, -0.05) is 91.2 Å². The van der Waals surface area contributed by atoms with Gasteiger partial charge in [0.05, 0.1) is 49.1 Å². The Kier molecular flexibility index (Phi) is 20.0. The van der Waals surface area contributed by atoms with Crippen molar-refractivity contribution >= 4 is 40.2 Å². The molecule has 0 aliphatic heterocycles. The maximum absolute atomic E-state index is 13.6. The van der Waals surface area contributed by atoms with Crippen LogP contribution in [-0.2, 0) is 32.0 Å². The van der Waals surface area contributed by atoms with E-state index in [1.165, 1.54) is 11.3 Å². The summed E-state index contributed by atoms with van der Waals surface area (Å²) in [5, 5.41) is 9.55. The predicted octanol–water partition coefficient (Wildman–Crippen LogP) is 12.7. The van der Waals surface area contributed by atoms with Gasteiger partial charge in [0, 0.05) is 35.3 Å². The Balaban J connectivity index is 1.10. The number of Topliss-reactive ketones (excluding diaryl/α,β-unsaturated/α-hetero) is 1. The van der Waals surface area contributed by atoms with Crippen LogP contribution in [0.4, 0.5) is 5.13 Å². The van der Waals surface area contributed by atoms with Crippen molar-refractivity contribution < 1.29 is 42.9 Å². The van der Waals surface area contributed by atoms with Crippen LogP contribution >= 0.6 is 11.3 Å². The monoisotopic (exact) mass is 933 g/mol. The van der Waals surface area contributed by atoms with Crippen LogP contribution in [0.15, 0.2) is 163 Å². The summed E-state index contributed by atoms with van der Waals surface area (Å²) in [5.41, 5.74) is 4.93. The van der Waals surface area contributed by atoms with Gasteiger partial charge in [0.15, 0.2) is 5.78 Å². The van der Waals surface area contributed by atoms with Crippen molar-refractivity contribution in [3.8, 4) is 38.9 Å². The van der Waals surface area contributed by atoms with Crippen LogP contribution in [-0.4, -0.2) is 55.1 Å². The van der Waals surface area contributed by atoms with Gasteiger partial charge in [0.25, 0.3) is 0 Å². The fraction of sp³-hybridized carbons (Fsp3) is 0.255. The van der Waals surface area contributed by atoms with E-state index in [0.29, 0.717) is 65.3 Å². The minimum atomic E-state index is -0.565. The standard InChI is InChI=1S/C55H55N3O9S/c1-3-50(60)65-35-17-7-5-15-33-63-46-28-24-41(25-29-46)48(59)38-40-23-32-49(67-54(62)44-26-30-47(31-27-44)64-34-16-6-8-18-36-66-51(61)4-2)45(37-40)39-56-58-55-57-52(42-19-11-9-12-20-42)53(68-55)43-21-13-10-14-22-43/h3-4,9-14,19-32,37H,1-2,5-8,15-18,33-36,38-39H2. The van der Waals surface area contributed by atoms with E-state index in [1.807, 2.05) is 66.7 Å². The molecule has 1 heterocycles. The van der Waals surface area contributed by atoms with Crippen molar-refractivity contribution in [2.24, 2.45) is 10.2 Å². The lowest BCUT2D eigenvalue weighted by Gasteiger charge is -2.12. The molecule has 6 rings (SSSR count). The van der Waals surface area contributed by atoms with Crippen molar-refractivity contribution in [2.75, 3.05) is 26.4 Å². The Bertz CT molecular complexity index is 2550. The van der Waals surface area contributed by atoms with Crippen molar-refractivity contribution in [1.29, 1.82) is 0 Å². The quantitative estimate of drug-likeness (QED) is 0.0116. The van der Waals surface area contributed by atoms with E-state index in [9.17, 15) is 19.2 Å². The molecule has 12 nitrogen and oxygen atoms in total. The Morgan fingerprint density at radius 3 is 1.68 bits per heavy atom. The molecule has 1 aromatic heterocycles. The second kappa shape index (κ2) is 27.2. The highest BCUT2D eigenvalue weighted by molar-refractivity contribution is 7.19. The van der Waals surface area contributed by atoms with Gasteiger partial charge in [-0.15, -0.1) is 5.11 Å². The fourth-order valence-corrected chi connectivity index (χ4v) is 7.83. The molecule has 0 atom stereocenters. The van der Waals surface area contributed by atoms with Gasteiger partial charge < -0.3 is 23.7 Å². The number of azo groups is 1. The SMILES string of the molecule is C=CC(=O)OCCCCCCOc1ccc(C(=O)Cc2ccc(OC(=O)c3ccc(OCCCCCCOC(=O)C=C)cc3)c(CN=Nc3nc(-c4ccccc4)c(-c4ccccc4)s3)c2)cc1. The smallest absolute Gasteiger partial charge is 0.343 e. The number of rotatable bonds is 28. The van der Waals surface area contributed by atoms with E-state index in [1.54, 1.807) is 60.7 Å².